The molecule has 2 aromatic carbocycles. The minimum absolute atomic E-state index is 0.0773. The van der Waals surface area contributed by atoms with Crippen molar-refractivity contribution in [3.63, 3.8) is 0 Å². The van der Waals surface area contributed by atoms with Gasteiger partial charge >= 0.3 is 6.03 Å². The molecule has 1 heterocycles. The third-order valence-corrected chi connectivity index (χ3v) is 4.16. The molecular formula is C19H13Cl2FN4O3. The molecule has 0 fully saturated rings. The van der Waals surface area contributed by atoms with Crippen LogP contribution in [0.4, 0.5) is 20.6 Å². The molecule has 10 heteroatoms. The van der Waals surface area contributed by atoms with Crippen LogP contribution in [-0.2, 0) is 0 Å². The van der Waals surface area contributed by atoms with Crippen molar-refractivity contribution in [1.82, 2.24) is 4.98 Å². The monoisotopic (exact) mass is 434 g/mol. The average molecular weight is 435 g/mol. The van der Waals surface area contributed by atoms with Gasteiger partial charge in [0.05, 0.1) is 16.4 Å². The molecule has 29 heavy (non-hydrogen) atoms. The largest absolute Gasteiger partial charge is 0.455 e. The summed E-state index contributed by atoms with van der Waals surface area (Å²) in [4.78, 5) is 27.3. The fourth-order valence-corrected chi connectivity index (χ4v) is 2.65. The topological polar surface area (TPSA) is 106 Å². The predicted molar refractivity (Wildman–Crippen MR) is 108 cm³/mol. The lowest BCUT2D eigenvalue weighted by atomic mass is 10.2. The van der Waals surface area contributed by atoms with E-state index in [0.29, 0.717) is 5.02 Å². The van der Waals surface area contributed by atoms with Gasteiger partial charge in [-0.25, -0.2) is 14.2 Å². The second-order valence-corrected chi connectivity index (χ2v) is 6.51. The number of carbonyl (C=O) groups is 2. The van der Waals surface area contributed by atoms with Gasteiger partial charge in [-0.2, -0.15) is 0 Å². The highest BCUT2D eigenvalue weighted by Gasteiger charge is 2.14. The summed E-state index contributed by atoms with van der Waals surface area (Å²) in [7, 11) is 0. The van der Waals surface area contributed by atoms with Crippen LogP contribution < -0.4 is 21.1 Å². The van der Waals surface area contributed by atoms with E-state index in [4.69, 9.17) is 33.7 Å². The standard InChI is InChI=1S/C19H13Cl2FN4O3/c20-10-3-5-12(21)15(8-10)26-19(28)25-14-6-4-11(9-13(14)22)29-16-2-1-7-24-17(16)18(23)27/h1-9H,(H2,23,27)(H2,25,26,28). The molecule has 3 aromatic rings. The highest BCUT2D eigenvalue weighted by molar-refractivity contribution is 6.35. The number of carbonyl (C=O) groups excluding carboxylic acids is 2. The van der Waals surface area contributed by atoms with Gasteiger partial charge < -0.3 is 21.1 Å². The first-order valence-corrected chi connectivity index (χ1v) is 8.84. The van der Waals surface area contributed by atoms with Crippen molar-refractivity contribution in [3.8, 4) is 11.5 Å². The number of ether oxygens (including phenoxy) is 1. The smallest absolute Gasteiger partial charge is 0.323 e. The van der Waals surface area contributed by atoms with Crippen LogP contribution in [0.2, 0.25) is 10.0 Å². The van der Waals surface area contributed by atoms with Gasteiger partial charge in [0.25, 0.3) is 5.91 Å². The van der Waals surface area contributed by atoms with E-state index in [9.17, 15) is 14.0 Å². The molecule has 3 amide bonds. The summed E-state index contributed by atoms with van der Waals surface area (Å²) >= 11 is 11.8. The lowest BCUT2D eigenvalue weighted by Crippen LogP contribution is -2.20. The van der Waals surface area contributed by atoms with Crippen LogP contribution in [0.5, 0.6) is 11.5 Å². The Morgan fingerprint density at radius 2 is 1.79 bits per heavy atom. The number of aromatic nitrogens is 1. The van der Waals surface area contributed by atoms with Crippen LogP contribution in [0.25, 0.3) is 0 Å². The van der Waals surface area contributed by atoms with Gasteiger partial charge in [-0.15, -0.1) is 0 Å². The van der Waals surface area contributed by atoms with E-state index in [1.54, 1.807) is 12.1 Å². The number of anilines is 2. The number of rotatable bonds is 5. The summed E-state index contributed by atoms with van der Waals surface area (Å²) in [5.41, 5.74) is 5.31. The fraction of sp³-hybridized carbons (Fsp3) is 0. The highest BCUT2D eigenvalue weighted by atomic mass is 35.5. The van der Waals surface area contributed by atoms with Crippen molar-refractivity contribution < 1.29 is 18.7 Å². The number of primary amides is 1. The molecule has 0 atom stereocenters. The number of hydrogen-bond donors (Lipinski definition) is 3. The quantitative estimate of drug-likeness (QED) is 0.521. The number of amides is 3. The Balaban J connectivity index is 1.72. The molecule has 0 saturated carbocycles. The summed E-state index contributed by atoms with van der Waals surface area (Å²) in [5, 5.41) is 5.49. The molecule has 0 aliphatic rings. The van der Waals surface area contributed by atoms with E-state index >= 15 is 0 Å². The molecule has 3 rings (SSSR count). The average Bonchev–Trinajstić information content (AvgIpc) is 2.67. The van der Waals surface area contributed by atoms with Crippen LogP contribution in [-0.4, -0.2) is 16.9 Å². The maximum Gasteiger partial charge on any atom is 0.323 e. The first-order valence-electron chi connectivity index (χ1n) is 8.09. The summed E-state index contributed by atoms with van der Waals surface area (Å²) < 4.78 is 19.8. The van der Waals surface area contributed by atoms with E-state index < -0.39 is 17.8 Å². The minimum atomic E-state index is -0.782. The van der Waals surface area contributed by atoms with Crippen molar-refractivity contribution in [2.45, 2.75) is 0 Å². The molecule has 7 nitrogen and oxygen atoms in total. The first-order chi connectivity index (χ1) is 13.8. The molecule has 0 unspecified atom stereocenters. The van der Waals surface area contributed by atoms with Crippen LogP contribution >= 0.6 is 23.2 Å². The second-order valence-electron chi connectivity index (χ2n) is 5.66. The lowest BCUT2D eigenvalue weighted by molar-refractivity contribution is 0.0993. The third-order valence-electron chi connectivity index (χ3n) is 3.60. The molecule has 0 spiro atoms. The Bertz CT molecular complexity index is 1090. The van der Waals surface area contributed by atoms with Crippen LogP contribution in [0.15, 0.2) is 54.7 Å². The third kappa shape index (κ3) is 5.13. The number of nitrogens with two attached hydrogens (primary N) is 1. The maximum atomic E-state index is 14.4. The van der Waals surface area contributed by atoms with E-state index in [0.717, 1.165) is 6.07 Å². The number of halogens is 3. The zero-order valence-electron chi connectivity index (χ0n) is 14.6. The second kappa shape index (κ2) is 8.76. The lowest BCUT2D eigenvalue weighted by Gasteiger charge is -2.12. The van der Waals surface area contributed by atoms with Gasteiger partial charge in [0, 0.05) is 17.3 Å². The Kier molecular flexibility index (Phi) is 6.16. The van der Waals surface area contributed by atoms with Crippen molar-refractivity contribution in [2.24, 2.45) is 5.73 Å². The number of hydrogen-bond acceptors (Lipinski definition) is 4. The molecular weight excluding hydrogens is 422 g/mol. The van der Waals surface area contributed by atoms with Gasteiger partial charge in [0.1, 0.15) is 11.6 Å². The number of nitrogens with one attached hydrogen (secondary N) is 2. The summed E-state index contributed by atoms with van der Waals surface area (Å²) in [6, 6.07) is 10.6. The Morgan fingerprint density at radius 1 is 1.03 bits per heavy atom. The number of benzene rings is 2. The van der Waals surface area contributed by atoms with Crippen LogP contribution in [0.3, 0.4) is 0 Å². The molecule has 1 aromatic heterocycles. The van der Waals surface area contributed by atoms with Gasteiger partial charge in [0.15, 0.2) is 11.4 Å². The number of pyridine rings is 1. The molecule has 4 N–H and O–H groups in total. The van der Waals surface area contributed by atoms with E-state index in [1.807, 2.05) is 0 Å². The van der Waals surface area contributed by atoms with Crippen LogP contribution in [0.1, 0.15) is 10.5 Å². The zero-order valence-corrected chi connectivity index (χ0v) is 16.1. The molecule has 0 aliphatic carbocycles. The maximum absolute atomic E-state index is 14.4. The SMILES string of the molecule is NC(=O)c1ncccc1Oc1ccc(NC(=O)Nc2cc(Cl)ccc2Cl)c(F)c1. The van der Waals surface area contributed by atoms with E-state index in [1.165, 1.54) is 36.5 Å². The number of nitrogens with zero attached hydrogens (tertiary/aromatic N) is 1. The van der Waals surface area contributed by atoms with Gasteiger partial charge in [-0.05, 0) is 42.5 Å². The Morgan fingerprint density at radius 3 is 2.52 bits per heavy atom. The molecule has 0 bridgehead atoms. The van der Waals surface area contributed by atoms with Gasteiger partial charge in [-0.1, -0.05) is 23.2 Å². The van der Waals surface area contributed by atoms with Crippen molar-refractivity contribution >= 4 is 46.5 Å². The normalized spacial score (nSPS) is 10.3. The van der Waals surface area contributed by atoms with E-state index in [2.05, 4.69) is 15.6 Å². The molecule has 0 saturated heterocycles. The van der Waals surface area contributed by atoms with Crippen molar-refractivity contribution in [1.29, 1.82) is 0 Å². The van der Waals surface area contributed by atoms with Crippen molar-refractivity contribution in [3.05, 3.63) is 76.3 Å². The Hall–Kier alpha value is -3.36. The Labute approximate surface area is 174 Å². The number of urea groups is 1. The molecule has 0 radical (unpaired) electrons. The summed E-state index contributed by atoms with van der Waals surface area (Å²) in [5.74, 6) is -1.38. The molecule has 0 aliphatic heterocycles. The van der Waals surface area contributed by atoms with Crippen LogP contribution in [0, 0.1) is 5.82 Å². The summed E-state index contributed by atoms with van der Waals surface area (Å²) in [6.45, 7) is 0. The summed E-state index contributed by atoms with van der Waals surface area (Å²) in [6.07, 6.45) is 1.38. The minimum Gasteiger partial charge on any atom is -0.455 e. The fourth-order valence-electron chi connectivity index (χ4n) is 2.31. The van der Waals surface area contributed by atoms with Gasteiger partial charge in [-0.3, -0.25) is 4.79 Å². The first kappa shape index (κ1) is 20.4. The highest BCUT2D eigenvalue weighted by Crippen LogP contribution is 2.28. The zero-order chi connectivity index (χ0) is 21.0. The predicted octanol–water partition coefficient (Wildman–Crippen LogP) is 5.06. The van der Waals surface area contributed by atoms with Crippen molar-refractivity contribution in [2.75, 3.05) is 10.6 Å². The van der Waals surface area contributed by atoms with Gasteiger partial charge in [0.2, 0.25) is 0 Å². The molecule has 148 valence electrons. The van der Waals surface area contributed by atoms with E-state index in [-0.39, 0.29) is 33.6 Å².